The maximum absolute atomic E-state index is 12.0. The van der Waals surface area contributed by atoms with Gasteiger partial charge >= 0.3 is 5.97 Å². The Labute approximate surface area is 153 Å². The van der Waals surface area contributed by atoms with Gasteiger partial charge in [0.1, 0.15) is 25.1 Å². The van der Waals surface area contributed by atoms with E-state index in [1.54, 1.807) is 13.8 Å². The molecule has 2 aliphatic rings. The smallest absolute Gasteiger partial charge is 0.374 e. The van der Waals surface area contributed by atoms with Gasteiger partial charge in [-0.1, -0.05) is 0 Å². The van der Waals surface area contributed by atoms with E-state index in [2.05, 4.69) is 4.74 Å². The predicted molar refractivity (Wildman–Crippen MR) is 87.1 cm³/mol. The molecule has 2 rings (SSSR count). The molecule has 0 radical (unpaired) electrons. The van der Waals surface area contributed by atoms with E-state index in [0.717, 1.165) is 7.11 Å². The minimum absolute atomic E-state index is 0.0698. The highest BCUT2D eigenvalue weighted by molar-refractivity contribution is 6.33. The van der Waals surface area contributed by atoms with Gasteiger partial charge in [-0.2, -0.15) is 0 Å². The Bertz CT molecular complexity index is 516. The third kappa shape index (κ3) is 5.21. The molecule has 9 nitrogen and oxygen atoms in total. The van der Waals surface area contributed by atoms with Gasteiger partial charge in [0.15, 0.2) is 11.6 Å². The molecule has 26 heavy (non-hydrogen) atoms. The maximum atomic E-state index is 12.0. The number of methoxy groups -OCH3 is 2. The summed E-state index contributed by atoms with van der Waals surface area (Å²) in [6.07, 6.45) is -2.61. The Morgan fingerprint density at radius 2 is 1.77 bits per heavy atom. The first-order chi connectivity index (χ1) is 12.1. The van der Waals surface area contributed by atoms with Crippen LogP contribution in [0.25, 0.3) is 0 Å². The standard InChI is InChI=1S/C17H28O9/c1-16(2)23-8-12(24-16)14-13(25-17(3,4)26-14)11(22-9-20-5)7-10(18)15(19)21-6/h11-14H,7-9H2,1-6H3/t11-,12-,13-,14-/m1/s1. The SMILES string of the molecule is COCO[C@H](CC(=O)C(=O)OC)[C@H]1OC(C)(C)O[C@@H]1[C@H]1COC(C)(C)O1. The van der Waals surface area contributed by atoms with E-state index >= 15 is 0 Å². The number of carbonyl (C=O) groups excluding carboxylic acids is 2. The number of hydrogen-bond acceptors (Lipinski definition) is 9. The van der Waals surface area contributed by atoms with E-state index in [1.165, 1.54) is 7.11 Å². The Balaban J connectivity index is 2.18. The molecule has 9 heteroatoms. The number of esters is 1. The summed E-state index contributed by atoms with van der Waals surface area (Å²) < 4.78 is 38.5. The molecule has 2 heterocycles. The highest BCUT2D eigenvalue weighted by atomic mass is 16.8. The molecule has 0 bridgehead atoms. The number of rotatable bonds is 8. The van der Waals surface area contributed by atoms with Crippen molar-refractivity contribution in [3.05, 3.63) is 0 Å². The molecule has 0 N–H and O–H groups in total. The van der Waals surface area contributed by atoms with Crippen molar-refractivity contribution in [3.63, 3.8) is 0 Å². The van der Waals surface area contributed by atoms with Crippen molar-refractivity contribution in [1.82, 2.24) is 0 Å². The highest BCUT2D eigenvalue weighted by Gasteiger charge is 2.53. The third-order valence-electron chi connectivity index (χ3n) is 4.13. The Morgan fingerprint density at radius 3 is 2.31 bits per heavy atom. The van der Waals surface area contributed by atoms with Gasteiger partial charge in [0.05, 0.1) is 19.8 Å². The molecule has 2 saturated heterocycles. The summed E-state index contributed by atoms with van der Waals surface area (Å²) >= 11 is 0. The number of Topliss-reactive ketones (excluding diaryl/α,β-unsaturated/α-hetero) is 1. The van der Waals surface area contributed by atoms with E-state index in [9.17, 15) is 9.59 Å². The van der Waals surface area contributed by atoms with Gasteiger partial charge in [0.25, 0.3) is 0 Å². The van der Waals surface area contributed by atoms with Crippen molar-refractivity contribution in [1.29, 1.82) is 0 Å². The largest absolute Gasteiger partial charge is 0.463 e. The van der Waals surface area contributed by atoms with Crippen LogP contribution >= 0.6 is 0 Å². The van der Waals surface area contributed by atoms with Crippen LogP contribution in [0.4, 0.5) is 0 Å². The monoisotopic (exact) mass is 376 g/mol. The summed E-state index contributed by atoms with van der Waals surface area (Å²) in [6, 6.07) is 0. The van der Waals surface area contributed by atoms with Crippen LogP contribution in [0.15, 0.2) is 0 Å². The summed E-state index contributed by atoms with van der Waals surface area (Å²) in [6.45, 7) is 7.38. The summed E-state index contributed by atoms with van der Waals surface area (Å²) in [4.78, 5) is 23.6. The van der Waals surface area contributed by atoms with Crippen LogP contribution in [0.1, 0.15) is 34.1 Å². The molecule has 2 aliphatic heterocycles. The predicted octanol–water partition coefficient (Wildman–Crippen LogP) is 0.779. The summed E-state index contributed by atoms with van der Waals surface area (Å²) in [5, 5.41) is 0. The zero-order chi connectivity index (χ0) is 19.5. The van der Waals surface area contributed by atoms with Crippen molar-refractivity contribution in [2.45, 2.75) is 70.1 Å². The average Bonchev–Trinajstić information content (AvgIpc) is 3.08. The minimum Gasteiger partial charge on any atom is -0.463 e. The molecule has 0 aromatic rings. The minimum atomic E-state index is -0.938. The van der Waals surface area contributed by atoms with Gasteiger partial charge in [0.2, 0.25) is 5.78 Å². The Hall–Kier alpha value is -1.10. The van der Waals surface area contributed by atoms with Crippen molar-refractivity contribution in [2.75, 3.05) is 27.6 Å². The van der Waals surface area contributed by atoms with Crippen molar-refractivity contribution >= 4 is 11.8 Å². The van der Waals surface area contributed by atoms with Crippen LogP contribution < -0.4 is 0 Å². The van der Waals surface area contributed by atoms with Gasteiger partial charge in [-0.25, -0.2) is 4.79 Å². The van der Waals surface area contributed by atoms with Gasteiger partial charge in [-0.15, -0.1) is 0 Å². The van der Waals surface area contributed by atoms with Crippen molar-refractivity contribution < 1.29 is 42.7 Å². The number of ketones is 1. The average molecular weight is 376 g/mol. The van der Waals surface area contributed by atoms with Crippen LogP contribution in [0, 0.1) is 0 Å². The first-order valence-electron chi connectivity index (χ1n) is 8.47. The summed E-state index contributed by atoms with van der Waals surface area (Å²) in [7, 11) is 2.61. The van der Waals surface area contributed by atoms with E-state index in [0.29, 0.717) is 6.61 Å². The maximum Gasteiger partial charge on any atom is 0.374 e. The molecule has 2 fully saturated rings. The first kappa shape index (κ1) is 21.2. The van der Waals surface area contributed by atoms with Crippen molar-refractivity contribution in [3.8, 4) is 0 Å². The number of carbonyl (C=O) groups is 2. The fourth-order valence-electron chi connectivity index (χ4n) is 3.07. The fraction of sp³-hybridized carbons (Fsp3) is 0.882. The third-order valence-corrected chi connectivity index (χ3v) is 4.13. The van der Waals surface area contributed by atoms with Crippen LogP contribution in [-0.2, 0) is 42.7 Å². The molecule has 0 unspecified atom stereocenters. The summed E-state index contributed by atoms with van der Waals surface area (Å²) in [5.41, 5.74) is 0. The second-order valence-corrected chi connectivity index (χ2v) is 7.16. The molecule has 0 amide bonds. The molecular formula is C17H28O9. The zero-order valence-corrected chi connectivity index (χ0v) is 16.1. The van der Waals surface area contributed by atoms with Gasteiger partial charge in [-0.05, 0) is 27.7 Å². The lowest BCUT2D eigenvalue weighted by Crippen LogP contribution is -2.46. The molecule has 4 atom stereocenters. The van der Waals surface area contributed by atoms with Crippen molar-refractivity contribution in [2.24, 2.45) is 0 Å². The quantitative estimate of drug-likeness (QED) is 0.346. The lowest BCUT2D eigenvalue weighted by atomic mass is 9.99. The van der Waals surface area contributed by atoms with Crippen LogP contribution in [0.3, 0.4) is 0 Å². The lowest BCUT2D eigenvalue weighted by molar-refractivity contribution is -0.178. The Morgan fingerprint density at radius 1 is 1.08 bits per heavy atom. The van der Waals surface area contributed by atoms with Crippen LogP contribution in [0.5, 0.6) is 0 Å². The van der Waals surface area contributed by atoms with Gasteiger partial charge in [-0.3, -0.25) is 4.79 Å². The van der Waals surface area contributed by atoms with E-state index in [-0.39, 0.29) is 13.2 Å². The molecule has 0 aromatic heterocycles. The van der Waals surface area contributed by atoms with Gasteiger partial charge in [0, 0.05) is 13.5 Å². The second-order valence-electron chi connectivity index (χ2n) is 7.16. The molecule has 0 spiro atoms. The van der Waals surface area contributed by atoms with E-state index < -0.39 is 47.7 Å². The lowest BCUT2D eigenvalue weighted by Gasteiger charge is -2.28. The normalized spacial score (nSPS) is 30.9. The zero-order valence-electron chi connectivity index (χ0n) is 16.1. The molecule has 0 aliphatic carbocycles. The van der Waals surface area contributed by atoms with Gasteiger partial charge < -0.3 is 33.2 Å². The van der Waals surface area contributed by atoms with Crippen LogP contribution in [0.2, 0.25) is 0 Å². The topological polar surface area (TPSA) is 98.8 Å². The fourth-order valence-corrected chi connectivity index (χ4v) is 3.07. The van der Waals surface area contributed by atoms with E-state index in [1.807, 2.05) is 13.8 Å². The molecule has 150 valence electrons. The number of ether oxygens (including phenoxy) is 7. The highest BCUT2D eigenvalue weighted by Crippen LogP contribution is 2.38. The second kappa shape index (κ2) is 8.28. The van der Waals surface area contributed by atoms with E-state index in [4.69, 9.17) is 28.4 Å². The molecular weight excluding hydrogens is 348 g/mol. The first-order valence-corrected chi connectivity index (χ1v) is 8.47. The Kier molecular flexibility index (Phi) is 6.75. The molecule has 0 aromatic carbocycles. The molecule has 0 saturated carbocycles. The van der Waals surface area contributed by atoms with Crippen LogP contribution in [-0.4, -0.2) is 75.4 Å². The number of hydrogen-bond donors (Lipinski definition) is 0. The summed E-state index contributed by atoms with van der Waals surface area (Å²) in [5.74, 6) is -3.30.